The lowest BCUT2D eigenvalue weighted by atomic mass is 9.56. The summed E-state index contributed by atoms with van der Waals surface area (Å²) in [5.74, 6) is -17.3. The maximum Gasteiger partial charge on any atom is 0.203 e. The zero-order valence-corrected chi connectivity index (χ0v) is 12.2. The molecule has 0 N–H and O–H groups in total. The van der Waals surface area contributed by atoms with E-state index in [0.717, 1.165) is 7.11 Å². The fourth-order valence-corrected chi connectivity index (χ4v) is 2.18. The number of alkyl halides is 1. The quantitative estimate of drug-likeness (QED) is 0.451. The van der Waals surface area contributed by atoms with Crippen LogP contribution >= 0.6 is 0 Å². The molecule has 0 aromatic heterocycles. The minimum Gasteiger partial charge on any atom is -0.491 e. The van der Waals surface area contributed by atoms with Gasteiger partial charge in [0.1, 0.15) is 11.7 Å². The molecule has 2 rings (SSSR count). The molecule has 10 heteroatoms. The number of ether oxygens (including phenoxy) is 1. The summed E-state index contributed by atoms with van der Waals surface area (Å²) in [5, 5.41) is 0. The molecule has 1 aromatic carbocycles. The van der Waals surface area contributed by atoms with E-state index in [-0.39, 0.29) is 13.4 Å². The van der Waals surface area contributed by atoms with Crippen LogP contribution in [0.15, 0.2) is 23.6 Å². The third kappa shape index (κ3) is 2.78. The van der Waals surface area contributed by atoms with Crippen molar-refractivity contribution in [2.75, 3.05) is 7.11 Å². The zero-order valence-electron chi connectivity index (χ0n) is 12.2. The average Bonchev–Trinajstić information content (AvgIpc) is 2.50. The summed E-state index contributed by atoms with van der Waals surface area (Å²) in [6.07, 6.45) is 0.0542. The molecule has 24 heavy (non-hydrogen) atoms. The molecule has 1 aromatic rings. The van der Waals surface area contributed by atoms with E-state index >= 15 is 0 Å². The monoisotopic (exact) mass is 355 g/mol. The minimum atomic E-state index is -3.09. The van der Waals surface area contributed by atoms with Crippen LogP contribution in [0.3, 0.4) is 0 Å². The Morgan fingerprint density at radius 1 is 0.958 bits per heavy atom. The molecule has 0 bridgehead atoms. The molecule has 0 saturated heterocycles. The largest absolute Gasteiger partial charge is 0.491 e. The van der Waals surface area contributed by atoms with Gasteiger partial charge in [0.2, 0.25) is 11.6 Å². The first-order valence-electron chi connectivity index (χ1n) is 6.40. The van der Waals surface area contributed by atoms with E-state index in [1.54, 1.807) is 0 Å². The van der Waals surface area contributed by atoms with Crippen molar-refractivity contribution in [1.29, 1.82) is 0 Å². The number of halogens is 8. The van der Waals surface area contributed by atoms with Crippen molar-refractivity contribution in [3.8, 4) is 5.75 Å². The van der Waals surface area contributed by atoms with Crippen LogP contribution in [0.2, 0.25) is 5.82 Å². The number of hydrogen-bond donors (Lipinski definition) is 0. The molecular weight excluding hydrogens is 347 g/mol. The third-order valence-corrected chi connectivity index (χ3v) is 3.41. The summed E-state index contributed by atoms with van der Waals surface area (Å²) < 4.78 is 114. The number of hydrogen-bond acceptors (Lipinski definition) is 1. The van der Waals surface area contributed by atoms with Crippen LogP contribution in [0, 0.1) is 23.3 Å². The fraction of sp³-hybridized carbons (Fsp3) is 0.286. The van der Waals surface area contributed by atoms with Crippen molar-refractivity contribution >= 4 is 12.7 Å². The van der Waals surface area contributed by atoms with E-state index in [1.807, 2.05) is 0 Å². The summed E-state index contributed by atoms with van der Waals surface area (Å²) in [7, 11) is 0.819. The van der Waals surface area contributed by atoms with Crippen LogP contribution in [0.25, 0.3) is 0 Å². The first-order chi connectivity index (χ1) is 11.0. The highest BCUT2D eigenvalue weighted by molar-refractivity contribution is 6.56. The maximum atomic E-state index is 13.8. The van der Waals surface area contributed by atoms with Gasteiger partial charge in [-0.25, -0.2) is 26.3 Å². The van der Waals surface area contributed by atoms with Crippen LogP contribution in [-0.2, 0) is 0 Å². The van der Waals surface area contributed by atoms with Crippen LogP contribution in [-0.4, -0.2) is 20.1 Å². The topological polar surface area (TPSA) is 9.23 Å². The second-order valence-corrected chi connectivity index (χ2v) is 5.11. The van der Waals surface area contributed by atoms with Gasteiger partial charge in [0.25, 0.3) is 0 Å². The molecule has 1 radical (unpaired) electrons. The highest BCUT2D eigenvalue weighted by atomic mass is 19.2. The number of allylic oxidation sites excluding steroid dienone is 4. The first kappa shape index (κ1) is 18.3. The molecular formula is C14H8BF8O. The van der Waals surface area contributed by atoms with Crippen LogP contribution < -0.4 is 10.2 Å². The standard InChI is InChI=1S/C14H8BF8O/c1-14(23)3-4(16)5(9(19)13(14)22)15-6-7(17)10(20)12(24-2)11(21)8(6)18/h3,5H,1-2H3. The smallest absolute Gasteiger partial charge is 0.203 e. The predicted molar refractivity (Wildman–Crippen MR) is 69.9 cm³/mol. The molecule has 0 heterocycles. The highest BCUT2D eigenvalue weighted by Gasteiger charge is 2.42. The summed E-state index contributed by atoms with van der Waals surface area (Å²) in [6, 6.07) is 0. The molecule has 0 aliphatic heterocycles. The molecule has 1 aliphatic carbocycles. The van der Waals surface area contributed by atoms with Crippen molar-refractivity contribution in [3.05, 3.63) is 46.8 Å². The van der Waals surface area contributed by atoms with Crippen molar-refractivity contribution in [3.63, 3.8) is 0 Å². The summed E-state index contributed by atoms with van der Waals surface area (Å²) >= 11 is 0. The Balaban J connectivity index is 2.54. The van der Waals surface area contributed by atoms with E-state index in [1.165, 1.54) is 0 Å². The summed E-state index contributed by atoms with van der Waals surface area (Å²) in [4.78, 5) is 0. The van der Waals surface area contributed by atoms with Crippen molar-refractivity contribution < 1.29 is 39.9 Å². The predicted octanol–water partition coefficient (Wildman–Crippen LogP) is 4.12. The number of rotatable bonds is 3. The maximum absolute atomic E-state index is 13.8. The van der Waals surface area contributed by atoms with Crippen molar-refractivity contribution in [1.82, 2.24) is 0 Å². The number of methoxy groups -OCH3 is 1. The Morgan fingerprint density at radius 2 is 1.46 bits per heavy atom. The van der Waals surface area contributed by atoms with Crippen molar-refractivity contribution in [2.45, 2.75) is 18.4 Å². The van der Waals surface area contributed by atoms with E-state index < -0.39 is 63.4 Å². The Morgan fingerprint density at radius 3 is 1.92 bits per heavy atom. The van der Waals surface area contributed by atoms with Crippen LogP contribution in [0.5, 0.6) is 5.75 Å². The van der Waals surface area contributed by atoms with Gasteiger partial charge in [-0.3, -0.25) is 0 Å². The van der Waals surface area contributed by atoms with Crippen molar-refractivity contribution in [2.24, 2.45) is 0 Å². The Labute approximate surface area is 131 Å². The average molecular weight is 355 g/mol. The van der Waals surface area contributed by atoms with Gasteiger partial charge in [-0.1, -0.05) is 0 Å². The molecule has 2 unspecified atom stereocenters. The van der Waals surface area contributed by atoms with E-state index in [2.05, 4.69) is 4.74 Å². The zero-order chi connectivity index (χ0) is 18.4. The van der Waals surface area contributed by atoms with Gasteiger partial charge in [0.05, 0.1) is 7.11 Å². The Bertz CT molecular complexity index is 727. The lowest BCUT2D eigenvalue weighted by Gasteiger charge is -2.25. The lowest BCUT2D eigenvalue weighted by Crippen LogP contribution is -2.33. The molecule has 2 atom stereocenters. The van der Waals surface area contributed by atoms with Gasteiger partial charge in [-0.2, -0.15) is 8.78 Å². The fourth-order valence-electron chi connectivity index (χ4n) is 2.18. The van der Waals surface area contributed by atoms with Gasteiger partial charge in [-0.15, -0.1) is 0 Å². The van der Waals surface area contributed by atoms with Gasteiger partial charge < -0.3 is 4.74 Å². The SMILES string of the molecule is COc1c(F)c(F)c([B]C2C(F)=CC(C)(F)C(F)=C2F)c(F)c1F. The summed E-state index contributed by atoms with van der Waals surface area (Å²) in [6.45, 7) is 0.519. The molecule has 1 aliphatic rings. The lowest BCUT2D eigenvalue weighted by molar-refractivity contribution is 0.233. The number of benzene rings is 1. The van der Waals surface area contributed by atoms with Gasteiger partial charge >= 0.3 is 0 Å². The van der Waals surface area contributed by atoms with E-state index in [4.69, 9.17) is 0 Å². The molecule has 0 amide bonds. The van der Waals surface area contributed by atoms with Gasteiger partial charge in [-0.05, 0) is 18.5 Å². The molecule has 0 fully saturated rings. The second-order valence-electron chi connectivity index (χ2n) is 5.11. The highest BCUT2D eigenvalue weighted by Crippen LogP contribution is 2.43. The minimum absolute atomic E-state index is 0.0542. The van der Waals surface area contributed by atoms with Crippen LogP contribution in [0.4, 0.5) is 35.1 Å². The second kappa shape index (κ2) is 6.14. The molecule has 129 valence electrons. The first-order valence-corrected chi connectivity index (χ1v) is 6.40. The molecule has 0 spiro atoms. The Kier molecular flexibility index (Phi) is 4.69. The molecule has 0 saturated carbocycles. The van der Waals surface area contributed by atoms with E-state index in [9.17, 15) is 35.1 Å². The summed E-state index contributed by atoms with van der Waals surface area (Å²) in [5.41, 5.74) is -4.57. The normalized spacial score (nSPS) is 24.1. The van der Waals surface area contributed by atoms with Gasteiger partial charge in [0.15, 0.2) is 36.2 Å². The van der Waals surface area contributed by atoms with E-state index in [0.29, 0.717) is 6.92 Å². The van der Waals surface area contributed by atoms with Crippen LogP contribution in [0.1, 0.15) is 6.92 Å². The third-order valence-electron chi connectivity index (χ3n) is 3.41. The Hall–Kier alpha value is -2.00. The van der Waals surface area contributed by atoms with Gasteiger partial charge in [0, 0.05) is 5.82 Å². The molecule has 1 nitrogen and oxygen atoms in total.